The van der Waals surface area contributed by atoms with Crippen molar-refractivity contribution in [3.8, 4) is 11.5 Å². The SMILES string of the molecule is CCOC(=O)CN1CCN(c2ccc(C(=O)Nc3cc(-c4nc5ccccc5[nH]4)[nH]n3)cc2)CC1. The number of benzene rings is 2. The number of amides is 1. The van der Waals surface area contributed by atoms with E-state index in [1.54, 1.807) is 6.07 Å². The number of rotatable bonds is 7. The minimum atomic E-state index is -0.238. The van der Waals surface area contributed by atoms with Gasteiger partial charge in [0.25, 0.3) is 5.91 Å². The van der Waals surface area contributed by atoms with Gasteiger partial charge in [0, 0.05) is 43.5 Å². The lowest BCUT2D eigenvalue weighted by molar-refractivity contribution is -0.144. The number of hydrogen-bond donors (Lipinski definition) is 3. The van der Waals surface area contributed by atoms with Crippen LogP contribution in [0.1, 0.15) is 17.3 Å². The number of ether oxygens (including phenoxy) is 1. The highest BCUT2D eigenvalue weighted by atomic mass is 16.5. The van der Waals surface area contributed by atoms with E-state index < -0.39 is 0 Å². The zero-order chi connectivity index (χ0) is 24.2. The van der Waals surface area contributed by atoms with Gasteiger partial charge in [0.2, 0.25) is 0 Å². The molecule has 3 N–H and O–H groups in total. The fraction of sp³-hybridized carbons (Fsp3) is 0.280. The van der Waals surface area contributed by atoms with Crippen molar-refractivity contribution in [2.45, 2.75) is 6.92 Å². The summed E-state index contributed by atoms with van der Waals surface area (Å²) in [5.41, 5.74) is 4.08. The second-order valence-electron chi connectivity index (χ2n) is 8.34. The Morgan fingerprint density at radius 2 is 1.83 bits per heavy atom. The Morgan fingerprint density at radius 1 is 1.06 bits per heavy atom. The Morgan fingerprint density at radius 3 is 2.57 bits per heavy atom. The number of para-hydroxylation sites is 2. The molecule has 0 saturated carbocycles. The minimum absolute atomic E-state index is 0.182. The standard InChI is InChI=1S/C25H27N7O3/c1-2-35-23(33)16-31-11-13-32(14-12-31)18-9-7-17(8-10-18)25(34)28-22-15-21(29-30-22)24-26-19-5-3-4-6-20(19)27-24/h3-10,15H,2,11-14,16H2,1H3,(H,26,27)(H2,28,29,30,34). The summed E-state index contributed by atoms with van der Waals surface area (Å²) in [5, 5.41) is 9.94. The molecule has 1 amide bonds. The summed E-state index contributed by atoms with van der Waals surface area (Å²) in [6.45, 7) is 5.73. The number of imidazole rings is 1. The van der Waals surface area contributed by atoms with Crippen LogP contribution in [0.3, 0.4) is 0 Å². The quantitative estimate of drug-likeness (QED) is 0.353. The lowest BCUT2D eigenvalue weighted by Crippen LogP contribution is -2.48. The Balaban J connectivity index is 1.17. The van der Waals surface area contributed by atoms with E-state index in [1.807, 2.05) is 55.5 Å². The number of fused-ring (bicyclic) bond motifs is 1. The first kappa shape index (κ1) is 22.6. The molecule has 2 aromatic carbocycles. The van der Waals surface area contributed by atoms with Gasteiger partial charge in [-0.05, 0) is 43.3 Å². The van der Waals surface area contributed by atoms with E-state index in [-0.39, 0.29) is 11.9 Å². The van der Waals surface area contributed by atoms with Crippen LogP contribution in [-0.2, 0) is 9.53 Å². The molecule has 35 heavy (non-hydrogen) atoms. The van der Waals surface area contributed by atoms with Crippen LogP contribution in [0.25, 0.3) is 22.6 Å². The molecule has 0 atom stereocenters. The first-order valence-electron chi connectivity index (χ1n) is 11.6. The van der Waals surface area contributed by atoms with Gasteiger partial charge in [-0.1, -0.05) is 12.1 Å². The Bertz CT molecular complexity index is 1290. The Hall–Kier alpha value is -4.18. The van der Waals surface area contributed by atoms with Crippen LogP contribution in [0.5, 0.6) is 0 Å². The number of aromatic nitrogens is 4. The van der Waals surface area contributed by atoms with Crippen molar-refractivity contribution < 1.29 is 14.3 Å². The third kappa shape index (κ3) is 5.17. The van der Waals surface area contributed by atoms with Crippen molar-refractivity contribution >= 4 is 34.4 Å². The highest BCUT2D eigenvalue weighted by Gasteiger charge is 2.20. The Kier molecular flexibility index (Phi) is 6.44. The molecule has 5 rings (SSSR count). The predicted molar refractivity (Wildman–Crippen MR) is 133 cm³/mol. The molecule has 1 aliphatic rings. The third-order valence-corrected chi connectivity index (χ3v) is 5.99. The number of nitrogens with zero attached hydrogens (tertiary/aromatic N) is 4. The van der Waals surface area contributed by atoms with E-state index >= 15 is 0 Å². The van der Waals surface area contributed by atoms with Gasteiger partial charge in [-0.3, -0.25) is 19.6 Å². The highest BCUT2D eigenvalue weighted by molar-refractivity contribution is 6.04. The van der Waals surface area contributed by atoms with Crippen molar-refractivity contribution in [2.75, 3.05) is 49.5 Å². The molecule has 4 aromatic rings. The zero-order valence-corrected chi connectivity index (χ0v) is 19.5. The van der Waals surface area contributed by atoms with Crippen LogP contribution < -0.4 is 10.2 Å². The van der Waals surface area contributed by atoms with Crippen LogP contribution in [0, 0.1) is 0 Å². The van der Waals surface area contributed by atoms with Gasteiger partial charge >= 0.3 is 5.97 Å². The van der Waals surface area contributed by atoms with E-state index in [1.165, 1.54) is 0 Å². The molecule has 0 radical (unpaired) electrons. The van der Waals surface area contributed by atoms with Crippen LogP contribution in [0.4, 0.5) is 11.5 Å². The second-order valence-corrected chi connectivity index (χ2v) is 8.34. The van der Waals surface area contributed by atoms with E-state index in [9.17, 15) is 9.59 Å². The monoisotopic (exact) mass is 473 g/mol. The van der Waals surface area contributed by atoms with Gasteiger partial charge in [-0.2, -0.15) is 5.10 Å². The first-order valence-corrected chi connectivity index (χ1v) is 11.6. The molecule has 0 spiro atoms. The van der Waals surface area contributed by atoms with Gasteiger partial charge in [-0.25, -0.2) is 4.98 Å². The summed E-state index contributed by atoms with van der Waals surface area (Å²) in [5.74, 6) is 0.662. The molecule has 0 aliphatic carbocycles. The van der Waals surface area contributed by atoms with E-state index in [2.05, 4.69) is 35.3 Å². The first-order chi connectivity index (χ1) is 17.1. The molecule has 1 saturated heterocycles. The molecule has 3 heterocycles. The van der Waals surface area contributed by atoms with Gasteiger partial charge < -0.3 is 19.9 Å². The largest absolute Gasteiger partial charge is 0.465 e. The molecular formula is C25H27N7O3. The summed E-state index contributed by atoms with van der Waals surface area (Å²) in [4.78, 5) is 36.5. The molecule has 1 fully saturated rings. The average molecular weight is 474 g/mol. The number of carbonyl (C=O) groups excluding carboxylic acids is 2. The molecular weight excluding hydrogens is 446 g/mol. The maximum Gasteiger partial charge on any atom is 0.320 e. The normalized spacial score (nSPS) is 14.3. The maximum absolute atomic E-state index is 12.7. The molecule has 0 bridgehead atoms. The van der Waals surface area contributed by atoms with Crippen molar-refractivity contribution in [1.82, 2.24) is 25.1 Å². The second kappa shape index (κ2) is 9.98. The topological polar surface area (TPSA) is 119 Å². The van der Waals surface area contributed by atoms with Crippen LogP contribution in [0.2, 0.25) is 0 Å². The predicted octanol–water partition coefficient (Wildman–Crippen LogP) is 2.89. The Labute approximate surface area is 202 Å². The summed E-state index contributed by atoms with van der Waals surface area (Å²) in [7, 11) is 0. The lowest BCUT2D eigenvalue weighted by Gasteiger charge is -2.35. The van der Waals surface area contributed by atoms with Crippen LogP contribution in [-0.4, -0.2) is 76.3 Å². The van der Waals surface area contributed by atoms with Crippen LogP contribution in [0.15, 0.2) is 54.6 Å². The summed E-state index contributed by atoms with van der Waals surface area (Å²) in [6, 6.07) is 17.0. The molecule has 0 unspecified atom stereocenters. The number of nitrogens with one attached hydrogen (secondary N) is 3. The van der Waals surface area contributed by atoms with Gasteiger partial charge in [0.05, 0.1) is 24.2 Å². The molecule has 10 heteroatoms. The number of anilines is 2. The zero-order valence-electron chi connectivity index (χ0n) is 19.5. The number of hydrogen-bond acceptors (Lipinski definition) is 7. The third-order valence-electron chi connectivity index (χ3n) is 5.99. The van der Waals surface area contributed by atoms with E-state index in [0.717, 1.165) is 42.9 Å². The lowest BCUT2D eigenvalue weighted by atomic mass is 10.1. The van der Waals surface area contributed by atoms with Gasteiger partial charge in [-0.15, -0.1) is 0 Å². The van der Waals surface area contributed by atoms with E-state index in [0.29, 0.717) is 36.1 Å². The summed E-state index contributed by atoms with van der Waals surface area (Å²) >= 11 is 0. The average Bonchev–Trinajstić information content (AvgIpc) is 3.52. The highest BCUT2D eigenvalue weighted by Crippen LogP contribution is 2.22. The van der Waals surface area contributed by atoms with Crippen molar-refractivity contribution in [3.05, 3.63) is 60.2 Å². The smallest absolute Gasteiger partial charge is 0.320 e. The number of H-pyrrole nitrogens is 2. The van der Waals surface area contributed by atoms with Crippen molar-refractivity contribution in [3.63, 3.8) is 0 Å². The van der Waals surface area contributed by atoms with Crippen molar-refractivity contribution in [1.29, 1.82) is 0 Å². The number of esters is 1. The molecule has 2 aromatic heterocycles. The fourth-order valence-corrected chi connectivity index (χ4v) is 4.15. The summed E-state index contributed by atoms with van der Waals surface area (Å²) in [6.07, 6.45) is 0. The van der Waals surface area contributed by atoms with Crippen LogP contribution >= 0.6 is 0 Å². The number of aromatic amines is 2. The number of carbonyl (C=O) groups is 2. The minimum Gasteiger partial charge on any atom is -0.465 e. The van der Waals surface area contributed by atoms with Gasteiger partial charge in [0.15, 0.2) is 11.6 Å². The fourth-order valence-electron chi connectivity index (χ4n) is 4.15. The molecule has 180 valence electrons. The maximum atomic E-state index is 12.7. The van der Waals surface area contributed by atoms with E-state index in [4.69, 9.17) is 4.74 Å². The van der Waals surface area contributed by atoms with Crippen molar-refractivity contribution in [2.24, 2.45) is 0 Å². The molecule has 10 nitrogen and oxygen atoms in total. The summed E-state index contributed by atoms with van der Waals surface area (Å²) < 4.78 is 5.03. The van der Waals surface area contributed by atoms with Gasteiger partial charge in [0.1, 0.15) is 5.69 Å². The molecule has 1 aliphatic heterocycles. The number of piperazine rings is 1.